The van der Waals surface area contributed by atoms with Crippen LogP contribution >= 0.6 is 28.3 Å². The third kappa shape index (κ3) is 2.47. The number of piperidine rings is 1. The number of rotatable bonds is 0. The summed E-state index contributed by atoms with van der Waals surface area (Å²) in [6, 6.07) is 6.44. The van der Waals surface area contributed by atoms with E-state index in [1.165, 1.54) is 25.1 Å². The fraction of sp³-hybridized carbons (Fsp3) is 0.538. The van der Waals surface area contributed by atoms with Crippen molar-refractivity contribution in [2.75, 3.05) is 26.7 Å². The maximum absolute atomic E-state index is 5.86. The van der Waals surface area contributed by atoms with Crippen LogP contribution in [0, 0.1) is 5.92 Å². The first kappa shape index (κ1) is 13.2. The topological polar surface area (TPSA) is 12.5 Å². The molecular formula is C13H17BrClNO. The molecule has 4 heteroatoms. The summed E-state index contributed by atoms with van der Waals surface area (Å²) in [6.07, 6.45) is 1.26. The zero-order valence-corrected chi connectivity index (χ0v) is 12.3. The first-order valence-corrected chi connectivity index (χ1v) is 6.64. The van der Waals surface area contributed by atoms with Crippen molar-refractivity contribution in [1.29, 1.82) is 0 Å². The van der Waals surface area contributed by atoms with Crippen LogP contribution in [0.2, 0.25) is 0 Å². The van der Waals surface area contributed by atoms with Crippen molar-refractivity contribution < 1.29 is 4.74 Å². The number of fused-ring (bicyclic) bond motifs is 3. The molecule has 2 nitrogen and oxygen atoms in total. The molecule has 0 bridgehead atoms. The maximum Gasteiger partial charge on any atom is 0.123 e. The number of hydrogen-bond donors (Lipinski definition) is 0. The van der Waals surface area contributed by atoms with Crippen LogP contribution in [0.3, 0.4) is 0 Å². The van der Waals surface area contributed by atoms with Crippen molar-refractivity contribution in [2.45, 2.75) is 12.3 Å². The Kier molecular flexibility index (Phi) is 4.01. The molecule has 17 heavy (non-hydrogen) atoms. The number of halogens is 2. The van der Waals surface area contributed by atoms with Gasteiger partial charge in [-0.15, -0.1) is 12.4 Å². The van der Waals surface area contributed by atoms with Crippen molar-refractivity contribution >= 4 is 28.3 Å². The molecule has 0 N–H and O–H groups in total. The summed E-state index contributed by atoms with van der Waals surface area (Å²) in [5.41, 5.74) is 1.39. The Morgan fingerprint density at radius 1 is 1.41 bits per heavy atom. The minimum Gasteiger partial charge on any atom is -0.493 e. The average Bonchev–Trinajstić information content (AvgIpc) is 2.28. The van der Waals surface area contributed by atoms with Gasteiger partial charge >= 0.3 is 0 Å². The zero-order chi connectivity index (χ0) is 11.1. The van der Waals surface area contributed by atoms with Gasteiger partial charge in [0.25, 0.3) is 0 Å². The first-order chi connectivity index (χ1) is 7.74. The fourth-order valence-electron chi connectivity index (χ4n) is 2.85. The van der Waals surface area contributed by atoms with Crippen molar-refractivity contribution in [3.63, 3.8) is 0 Å². The molecule has 2 aliphatic heterocycles. The minimum absolute atomic E-state index is 0. The van der Waals surface area contributed by atoms with E-state index in [-0.39, 0.29) is 12.4 Å². The largest absolute Gasteiger partial charge is 0.493 e. The minimum atomic E-state index is 0. The summed E-state index contributed by atoms with van der Waals surface area (Å²) >= 11 is 3.50. The molecular weight excluding hydrogens is 302 g/mol. The van der Waals surface area contributed by atoms with Crippen LogP contribution in [-0.4, -0.2) is 31.6 Å². The number of likely N-dealkylation sites (tertiary alicyclic amines) is 1. The average molecular weight is 319 g/mol. The predicted molar refractivity (Wildman–Crippen MR) is 75.2 cm³/mol. The number of benzene rings is 1. The highest BCUT2D eigenvalue weighted by atomic mass is 79.9. The van der Waals surface area contributed by atoms with E-state index < -0.39 is 0 Å². The van der Waals surface area contributed by atoms with Crippen LogP contribution in [0.25, 0.3) is 0 Å². The number of likely N-dealkylation sites (N-methyl/N-ethyl adjacent to an activating group) is 1. The van der Waals surface area contributed by atoms with Gasteiger partial charge < -0.3 is 9.64 Å². The molecule has 2 heterocycles. The van der Waals surface area contributed by atoms with Gasteiger partial charge in [0.1, 0.15) is 5.75 Å². The highest BCUT2D eigenvalue weighted by Gasteiger charge is 2.34. The van der Waals surface area contributed by atoms with E-state index in [1.807, 2.05) is 0 Å². The molecule has 0 spiro atoms. The summed E-state index contributed by atoms with van der Waals surface area (Å²) in [6.45, 7) is 3.26. The number of ether oxygens (including phenoxy) is 1. The zero-order valence-electron chi connectivity index (χ0n) is 9.86. The number of hydrogen-bond acceptors (Lipinski definition) is 2. The van der Waals surface area contributed by atoms with Gasteiger partial charge in [-0.2, -0.15) is 0 Å². The van der Waals surface area contributed by atoms with Crippen LogP contribution in [0.5, 0.6) is 5.75 Å². The molecule has 1 fully saturated rings. The summed E-state index contributed by atoms with van der Waals surface area (Å²) < 4.78 is 6.97. The summed E-state index contributed by atoms with van der Waals surface area (Å²) in [7, 11) is 2.21. The third-order valence-electron chi connectivity index (χ3n) is 3.79. The lowest BCUT2D eigenvalue weighted by Crippen LogP contribution is -2.41. The molecule has 94 valence electrons. The summed E-state index contributed by atoms with van der Waals surface area (Å²) in [4.78, 5) is 2.43. The SMILES string of the molecule is CN1CC[C@H]2COc3cc(Br)ccc3[C@H]2C1.Cl. The van der Waals surface area contributed by atoms with Crippen LogP contribution in [-0.2, 0) is 0 Å². The molecule has 1 saturated heterocycles. The molecule has 0 radical (unpaired) electrons. The van der Waals surface area contributed by atoms with E-state index in [0.717, 1.165) is 16.8 Å². The number of nitrogens with zero attached hydrogens (tertiary/aromatic N) is 1. The van der Waals surface area contributed by atoms with Gasteiger partial charge in [-0.1, -0.05) is 22.0 Å². The highest BCUT2D eigenvalue weighted by molar-refractivity contribution is 9.10. The van der Waals surface area contributed by atoms with Crippen LogP contribution in [0.4, 0.5) is 0 Å². The molecule has 1 aromatic rings. The van der Waals surface area contributed by atoms with Crippen molar-refractivity contribution in [3.05, 3.63) is 28.2 Å². The molecule has 0 aromatic heterocycles. The summed E-state index contributed by atoms with van der Waals surface area (Å²) in [5, 5.41) is 0. The molecule has 3 rings (SSSR count). The third-order valence-corrected chi connectivity index (χ3v) is 4.28. The van der Waals surface area contributed by atoms with Gasteiger partial charge in [0.05, 0.1) is 6.61 Å². The second kappa shape index (κ2) is 5.17. The Balaban J connectivity index is 0.00000108. The lowest BCUT2D eigenvalue weighted by Gasteiger charge is -2.40. The Morgan fingerprint density at radius 3 is 3.06 bits per heavy atom. The summed E-state index contributed by atoms with van der Waals surface area (Å²) in [5.74, 6) is 2.45. The molecule has 1 aromatic carbocycles. The van der Waals surface area contributed by atoms with Gasteiger partial charge in [0, 0.05) is 22.9 Å². The van der Waals surface area contributed by atoms with E-state index in [0.29, 0.717) is 11.8 Å². The standard InChI is InChI=1S/C13H16BrNO.ClH/c1-15-5-4-9-8-16-13-6-10(14)2-3-11(13)12(9)7-15;/h2-3,6,9,12H,4-5,7-8H2,1H3;1H/t9-,12-;/m0./s1. The van der Waals surface area contributed by atoms with Crippen molar-refractivity contribution in [2.24, 2.45) is 5.92 Å². The normalized spacial score (nSPS) is 27.4. The smallest absolute Gasteiger partial charge is 0.123 e. The van der Waals surface area contributed by atoms with Gasteiger partial charge in [-0.05, 0) is 37.7 Å². The molecule has 0 aliphatic carbocycles. The van der Waals surface area contributed by atoms with E-state index >= 15 is 0 Å². The quantitative estimate of drug-likeness (QED) is 0.728. The van der Waals surface area contributed by atoms with Gasteiger partial charge in [-0.25, -0.2) is 0 Å². The molecule has 2 atom stereocenters. The van der Waals surface area contributed by atoms with Gasteiger partial charge in [-0.3, -0.25) is 0 Å². The molecule has 0 amide bonds. The van der Waals surface area contributed by atoms with Crippen LogP contribution in [0.1, 0.15) is 17.9 Å². The fourth-order valence-corrected chi connectivity index (χ4v) is 3.19. The first-order valence-electron chi connectivity index (χ1n) is 5.85. The Labute approximate surface area is 117 Å². The van der Waals surface area contributed by atoms with Crippen molar-refractivity contribution in [3.8, 4) is 5.75 Å². The molecule has 0 unspecified atom stereocenters. The highest BCUT2D eigenvalue weighted by Crippen LogP contribution is 2.41. The second-order valence-corrected chi connectivity index (χ2v) is 5.83. The Morgan fingerprint density at radius 2 is 2.24 bits per heavy atom. The Bertz CT molecular complexity index is 412. The van der Waals surface area contributed by atoms with E-state index in [9.17, 15) is 0 Å². The lowest BCUT2D eigenvalue weighted by molar-refractivity contribution is 0.114. The van der Waals surface area contributed by atoms with Gasteiger partial charge in [0.15, 0.2) is 0 Å². The van der Waals surface area contributed by atoms with E-state index in [4.69, 9.17) is 4.74 Å². The van der Waals surface area contributed by atoms with E-state index in [1.54, 1.807) is 0 Å². The van der Waals surface area contributed by atoms with Crippen molar-refractivity contribution in [1.82, 2.24) is 4.90 Å². The second-order valence-electron chi connectivity index (χ2n) is 4.91. The van der Waals surface area contributed by atoms with Crippen LogP contribution < -0.4 is 4.74 Å². The molecule has 0 saturated carbocycles. The predicted octanol–water partition coefficient (Wildman–Crippen LogP) is 3.30. The van der Waals surface area contributed by atoms with E-state index in [2.05, 4.69) is 46.1 Å². The monoisotopic (exact) mass is 317 g/mol. The maximum atomic E-state index is 5.86. The Hall–Kier alpha value is -0.250. The molecule has 2 aliphatic rings. The van der Waals surface area contributed by atoms with Gasteiger partial charge in [0.2, 0.25) is 0 Å². The lowest BCUT2D eigenvalue weighted by atomic mass is 9.79. The van der Waals surface area contributed by atoms with Crippen LogP contribution in [0.15, 0.2) is 22.7 Å².